The minimum Gasteiger partial charge on any atom is -0.481 e. The molecular weight excluding hydrogens is 370 g/mol. The maximum Gasteiger partial charge on any atom is 0.317 e. The number of carboxylic acid groups (broad SMARTS) is 1. The first kappa shape index (κ1) is 20.2. The molecule has 29 heavy (non-hydrogen) atoms. The van der Waals surface area contributed by atoms with Crippen LogP contribution in [-0.2, 0) is 24.7 Å². The highest BCUT2D eigenvalue weighted by Crippen LogP contribution is 2.30. The van der Waals surface area contributed by atoms with Crippen molar-refractivity contribution >= 4 is 12.0 Å². The number of carbonyl (C=O) groups excluding carboxylic acids is 1. The Balaban J connectivity index is 1.28. The number of nitrogens with zero attached hydrogens (tertiary/aromatic N) is 3. The van der Waals surface area contributed by atoms with Crippen molar-refractivity contribution in [2.75, 3.05) is 26.2 Å². The number of aliphatic carboxylic acids is 1. The lowest BCUT2D eigenvalue weighted by Gasteiger charge is -2.34. The minimum absolute atomic E-state index is 0.00363. The number of rotatable bonds is 3. The van der Waals surface area contributed by atoms with E-state index in [4.69, 9.17) is 10.1 Å². The number of fused-ring (bicyclic) bond motifs is 1. The van der Waals surface area contributed by atoms with Crippen LogP contribution in [0, 0.1) is 5.92 Å². The molecule has 8 heteroatoms. The van der Waals surface area contributed by atoms with Gasteiger partial charge in [0, 0.05) is 63.7 Å². The normalized spacial score (nSPS) is 25.9. The van der Waals surface area contributed by atoms with Crippen LogP contribution in [0.4, 0.5) is 4.79 Å². The van der Waals surface area contributed by atoms with Gasteiger partial charge in [0.2, 0.25) is 0 Å². The van der Waals surface area contributed by atoms with Crippen molar-refractivity contribution in [2.45, 2.75) is 63.3 Å². The van der Waals surface area contributed by atoms with E-state index in [9.17, 15) is 9.59 Å². The SMILES string of the molecule is Cn1c(C2CCN(C(=O)NC3CCC(C(=O)O)CC3)CC2)nc2c1CCNCC2. The summed E-state index contributed by atoms with van der Waals surface area (Å²) in [6.07, 6.45) is 6.74. The van der Waals surface area contributed by atoms with E-state index in [0.717, 1.165) is 64.7 Å². The number of carboxylic acids is 1. The maximum absolute atomic E-state index is 12.7. The van der Waals surface area contributed by atoms with Gasteiger partial charge in [-0.2, -0.15) is 0 Å². The summed E-state index contributed by atoms with van der Waals surface area (Å²) in [6, 6.07) is 0.110. The molecule has 1 aromatic heterocycles. The molecule has 3 aliphatic rings. The molecule has 1 aromatic rings. The monoisotopic (exact) mass is 403 g/mol. The van der Waals surface area contributed by atoms with Crippen LogP contribution in [-0.4, -0.2) is 63.8 Å². The highest BCUT2D eigenvalue weighted by atomic mass is 16.4. The second-order valence-corrected chi connectivity index (χ2v) is 8.77. The van der Waals surface area contributed by atoms with Crippen molar-refractivity contribution < 1.29 is 14.7 Å². The molecule has 0 bridgehead atoms. The molecule has 3 heterocycles. The summed E-state index contributed by atoms with van der Waals surface area (Å²) in [4.78, 5) is 30.6. The molecular formula is C21H33N5O3. The van der Waals surface area contributed by atoms with Gasteiger partial charge in [-0.05, 0) is 38.5 Å². The van der Waals surface area contributed by atoms with E-state index in [-0.39, 0.29) is 18.0 Å². The number of hydrogen-bond donors (Lipinski definition) is 3. The van der Waals surface area contributed by atoms with Gasteiger partial charge in [0.1, 0.15) is 5.82 Å². The number of carbonyl (C=O) groups is 2. The van der Waals surface area contributed by atoms with E-state index >= 15 is 0 Å². The Morgan fingerprint density at radius 1 is 1.07 bits per heavy atom. The van der Waals surface area contributed by atoms with Crippen molar-refractivity contribution in [3.63, 3.8) is 0 Å². The number of urea groups is 1. The molecule has 0 aromatic carbocycles. The molecule has 0 spiro atoms. The zero-order valence-electron chi connectivity index (χ0n) is 17.3. The van der Waals surface area contributed by atoms with Gasteiger partial charge in [-0.15, -0.1) is 0 Å². The van der Waals surface area contributed by atoms with Gasteiger partial charge < -0.3 is 25.2 Å². The quantitative estimate of drug-likeness (QED) is 0.713. The number of hydrogen-bond acceptors (Lipinski definition) is 4. The summed E-state index contributed by atoms with van der Waals surface area (Å²) in [5.41, 5.74) is 2.60. The minimum atomic E-state index is -0.709. The highest BCUT2D eigenvalue weighted by molar-refractivity contribution is 5.75. The van der Waals surface area contributed by atoms with Crippen LogP contribution in [0.1, 0.15) is 61.7 Å². The largest absolute Gasteiger partial charge is 0.481 e. The zero-order valence-corrected chi connectivity index (χ0v) is 17.3. The average molecular weight is 404 g/mol. The fraction of sp³-hybridized carbons (Fsp3) is 0.762. The van der Waals surface area contributed by atoms with Crippen LogP contribution in [0.15, 0.2) is 0 Å². The van der Waals surface area contributed by atoms with Crippen molar-refractivity contribution in [3.05, 3.63) is 17.2 Å². The van der Waals surface area contributed by atoms with Gasteiger partial charge in [-0.3, -0.25) is 4.79 Å². The molecule has 0 unspecified atom stereocenters. The number of amides is 2. The van der Waals surface area contributed by atoms with Crippen molar-refractivity contribution in [1.82, 2.24) is 25.1 Å². The van der Waals surface area contributed by atoms with E-state index in [1.807, 2.05) is 4.90 Å². The Kier molecular flexibility index (Phi) is 6.08. The lowest BCUT2D eigenvalue weighted by molar-refractivity contribution is -0.142. The number of imidazole rings is 1. The standard InChI is InChI=1S/C21H33N5O3/c1-25-18-7-11-22-10-6-17(18)24-19(25)14-8-12-26(13-9-14)21(29)23-16-4-2-15(3-5-16)20(27)28/h14-16,22H,2-13H2,1H3,(H,23,29)(H,27,28). The molecule has 1 saturated heterocycles. The van der Waals surface area contributed by atoms with Gasteiger partial charge in [0.05, 0.1) is 11.6 Å². The third-order valence-electron chi connectivity index (χ3n) is 6.96. The first-order valence-electron chi connectivity index (χ1n) is 11.1. The fourth-order valence-corrected chi connectivity index (χ4v) is 5.12. The van der Waals surface area contributed by atoms with Gasteiger partial charge in [-0.25, -0.2) is 9.78 Å². The number of likely N-dealkylation sites (tertiary alicyclic amines) is 1. The molecule has 8 nitrogen and oxygen atoms in total. The van der Waals surface area contributed by atoms with Gasteiger partial charge >= 0.3 is 12.0 Å². The lowest BCUT2D eigenvalue weighted by atomic mass is 9.86. The molecule has 0 radical (unpaired) electrons. The van der Waals surface area contributed by atoms with Crippen molar-refractivity contribution in [1.29, 1.82) is 0 Å². The summed E-state index contributed by atoms with van der Waals surface area (Å²) >= 11 is 0. The lowest BCUT2D eigenvalue weighted by Crippen LogP contribution is -2.48. The molecule has 2 fully saturated rings. The Morgan fingerprint density at radius 2 is 1.76 bits per heavy atom. The second kappa shape index (κ2) is 8.73. The maximum atomic E-state index is 12.7. The van der Waals surface area contributed by atoms with Crippen molar-refractivity contribution in [2.24, 2.45) is 13.0 Å². The van der Waals surface area contributed by atoms with Crippen molar-refractivity contribution in [3.8, 4) is 0 Å². The zero-order chi connectivity index (χ0) is 20.4. The van der Waals surface area contributed by atoms with Crippen LogP contribution < -0.4 is 10.6 Å². The molecule has 1 aliphatic carbocycles. The predicted molar refractivity (Wildman–Crippen MR) is 109 cm³/mol. The first-order valence-corrected chi connectivity index (χ1v) is 11.1. The van der Waals surface area contributed by atoms with Crippen LogP contribution in [0.25, 0.3) is 0 Å². The number of piperidine rings is 1. The fourth-order valence-electron chi connectivity index (χ4n) is 5.12. The molecule has 2 amide bonds. The predicted octanol–water partition coefficient (Wildman–Crippen LogP) is 1.64. The highest BCUT2D eigenvalue weighted by Gasteiger charge is 2.31. The topological polar surface area (TPSA) is 99.5 Å². The number of aromatic nitrogens is 2. The van der Waals surface area contributed by atoms with Crippen LogP contribution >= 0.6 is 0 Å². The molecule has 3 N–H and O–H groups in total. The van der Waals surface area contributed by atoms with Crippen LogP contribution in [0.5, 0.6) is 0 Å². The van der Waals surface area contributed by atoms with E-state index in [2.05, 4.69) is 22.2 Å². The van der Waals surface area contributed by atoms with Gasteiger partial charge in [-0.1, -0.05) is 0 Å². The van der Waals surface area contributed by atoms with Gasteiger partial charge in [0.25, 0.3) is 0 Å². The Hall–Kier alpha value is -2.09. The summed E-state index contributed by atoms with van der Waals surface area (Å²) in [5.74, 6) is 0.640. The molecule has 0 atom stereocenters. The van der Waals surface area contributed by atoms with E-state index in [0.29, 0.717) is 18.8 Å². The number of nitrogens with one attached hydrogen (secondary N) is 2. The third kappa shape index (κ3) is 4.42. The average Bonchev–Trinajstić information content (AvgIpc) is 2.89. The third-order valence-corrected chi connectivity index (χ3v) is 6.96. The van der Waals surface area contributed by atoms with Gasteiger partial charge in [0.15, 0.2) is 0 Å². The van der Waals surface area contributed by atoms with E-state index < -0.39 is 5.97 Å². The molecule has 160 valence electrons. The molecule has 4 rings (SSSR count). The van der Waals surface area contributed by atoms with Crippen LogP contribution in [0.3, 0.4) is 0 Å². The molecule has 1 saturated carbocycles. The molecule has 2 aliphatic heterocycles. The summed E-state index contributed by atoms with van der Waals surface area (Å²) < 4.78 is 2.30. The second-order valence-electron chi connectivity index (χ2n) is 8.77. The smallest absolute Gasteiger partial charge is 0.317 e. The van der Waals surface area contributed by atoms with Crippen LogP contribution in [0.2, 0.25) is 0 Å². The Morgan fingerprint density at radius 3 is 2.45 bits per heavy atom. The summed E-state index contributed by atoms with van der Waals surface area (Å²) in [5, 5.41) is 15.7. The Labute approximate surface area is 172 Å². The first-order chi connectivity index (χ1) is 14.0. The summed E-state index contributed by atoms with van der Waals surface area (Å²) in [6.45, 7) is 3.51. The van der Waals surface area contributed by atoms with E-state index in [1.54, 1.807) is 0 Å². The summed E-state index contributed by atoms with van der Waals surface area (Å²) in [7, 11) is 2.14. The van der Waals surface area contributed by atoms with E-state index in [1.165, 1.54) is 17.2 Å². The Bertz CT molecular complexity index is 746.